The van der Waals surface area contributed by atoms with Crippen LogP contribution in [-0.4, -0.2) is 27.4 Å². The first-order valence-corrected chi connectivity index (χ1v) is 6.32. The van der Waals surface area contributed by atoms with Crippen molar-refractivity contribution in [2.24, 2.45) is 13.0 Å². The number of hydrogen-bond donors (Lipinski definition) is 1. The Morgan fingerprint density at radius 3 is 3.06 bits per heavy atom. The van der Waals surface area contributed by atoms with Gasteiger partial charge in [-0.2, -0.15) is 5.10 Å². The molecular formula is C12H22N4. The number of aryl methyl sites for hydroxylation is 1. The van der Waals surface area contributed by atoms with Gasteiger partial charge in [-0.15, -0.1) is 0 Å². The quantitative estimate of drug-likeness (QED) is 0.840. The van der Waals surface area contributed by atoms with Crippen molar-refractivity contribution < 1.29 is 0 Å². The summed E-state index contributed by atoms with van der Waals surface area (Å²) in [4.78, 5) is 4.23. The van der Waals surface area contributed by atoms with Gasteiger partial charge in [0.1, 0.15) is 12.2 Å². The molecule has 0 saturated heterocycles. The van der Waals surface area contributed by atoms with Gasteiger partial charge in [0, 0.05) is 26.1 Å². The first-order chi connectivity index (χ1) is 7.75. The van der Waals surface area contributed by atoms with Crippen molar-refractivity contribution in [2.45, 2.75) is 45.1 Å². The Bertz CT molecular complexity index is 321. The maximum Gasteiger partial charge on any atom is 0.138 e. The molecule has 2 rings (SSSR count). The lowest BCUT2D eigenvalue weighted by molar-refractivity contribution is 0.302. The monoisotopic (exact) mass is 222 g/mol. The van der Waals surface area contributed by atoms with Gasteiger partial charge in [-0.3, -0.25) is 4.68 Å². The standard InChI is InChI=1S/C12H22N4/c1-10-4-3-5-11(8-10)13-7-6-12-14-9-15-16(12)2/h9-11,13H,3-8H2,1-2H3. The smallest absolute Gasteiger partial charge is 0.138 e. The summed E-state index contributed by atoms with van der Waals surface area (Å²) in [5, 5.41) is 7.71. The van der Waals surface area contributed by atoms with Gasteiger partial charge in [-0.25, -0.2) is 4.98 Å². The molecule has 0 bridgehead atoms. The second kappa shape index (κ2) is 5.43. The summed E-state index contributed by atoms with van der Waals surface area (Å²) in [5.74, 6) is 1.96. The minimum absolute atomic E-state index is 0.719. The highest BCUT2D eigenvalue weighted by Crippen LogP contribution is 2.23. The van der Waals surface area contributed by atoms with E-state index in [0.29, 0.717) is 0 Å². The van der Waals surface area contributed by atoms with Gasteiger partial charge in [0.2, 0.25) is 0 Å². The maximum atomic E-state index is 4.23. The van der Waals surface area contributed by atoms with Crippen molar-refractivity contribution in [3.8, 4) is 0 Å². The summed E-state index contributed by atoms with van der Waals surface area (Å²) in [6, 6.07) is 0.719. The van der Waals surface area contributed by atoms with Crippen molar-refractivity contribution in [2.75, 3.05) is 6.54 Å². The summed E-state index contributed by atoms with van der Waals surface area (Å²) >= 11 is 0. The highest BCUT2D eigenvalue weighted by Gasteiger charge is 2.17. The first kappa shape index (κ1) is 11.6. The first-order valence-electron chi connectivity index (χ1n) is 6.32. The van der Waals surface area contributed by atoms with E-state index in [4.69, 9.17) is 0 Å². The molecule has 1 fully saturated rings. The predicted molar refractivity (Wildman–Crippen MR) is 64.1 cm³/mol. The molecule has 1 aliphatic rings. The normalized spacial score (nSPS) is 25.9. The van der Waals surface area contributed by atoms with Crippen LogP contribution in [0.25, 0.3) is 0 Å². The molecular weight excluding hydrogens is 200 g/mol. The topological polar surface area (TPSA) is 42.7 Å². The molecule has 90 valence electrons. The number of nitrogens with one attached hydrogen (secondary N) is 1. The van der Waals surface area contributed by atoms with Crippen molar-refractivity contribution in [3.63, 3.8) is 0 Å². The fourth-order valence-electron chi connectivity index (χ4n) is 2.55. The van der Waals surface area contributed by atoms with Crippen LogP contribution in [-0.2, 0) is 13.5 Å². The Morgan fingerprint density at radius 1 is 1.50 bits per heavy atom. The molecule has 4 nitrogen and oxygen atoms in total. The zero-order valence-corrected chi connectivity index (χ0v) is 10.3. The van der Waals surface area contributed by atoms with E-state index in [-0.39, 0.29) is 0 Å². The highest BCUT2D eigenvalue weighted by molar-refractivity contribution is 4.85. The maximum absolute atomic E-state index is 4.23. The Morgan fingerprint density at radius 2 is 2.38 bits per heavy atom. The molecule has 1 aromatic heterocycles. The van der Waals surface area contributed by atoms with E-state index in [1.807, 2.05) is 11.7 Å². The fraction of sp³-hybridized carbons (Fsp3) is 0.833. The lowest BCUT2D eigenvalue weighted by atomic mass is 9.87. The lowest BCUT2D eigenvalue weighted by Crippen LogP contribution is -2.35. The third-order valence-electron chi connectivity index (χ3n) is 3.52. The van der Waals surface area contributed by atoms with Crippen LogP contribution < -0.4 is 5.32 Å². The zero-order valence-electron chi connectivity index (χ0n) is 10.3. The molecule has 1 N–H and O–H groups in total. The molecule has 0 aromatic carbocycles. The van der Waals surface area contributed by atoms with Gasteiger partial charge >= 0.3 is 0 Å². The van der Waals surface area contributed by atoms with Crippen LogP contribution in [0.5, 0.6) is 0 Å². The van der Waals surface area contributed by atoms with Crippen LogP contribution >= 0.6 is 0 Å². The van der Waals surface area contributed by atoms with Crippen molar-refractivity contribution in [1.29, 1.82) is 0 Å². The van der Waals surface area contributed by atoms with E-state index in [9.17, 15) is 0 Å². The van der Waals surface area contributed by atoms with Crippen LogP contribution in [0.3, 0.4) is 0 Å². The molecule has 1 heterocycles. The average Bonchev–Trinajstić information content (AvgIpc) is 2.65. The van der Waals surface area contributed by atoms with Crippen molar-refractivity contribution >= 4 is 0 Å². The summed E-state index contributed by atoms with van der Waals surface area (Å²) in [7, 11) is 1.95. The van der Waals surface area contributed by atoms with Crippen LogP contribution in [0.4, 0.5) is 0 Å². The second-order valence-electron chi connectivity index (χ2n) is 4.97. The number of hydrogen-bond acceptors (Lipinski definition) is 3. The number of rotatable bonds is 4. The van der Waals surface area contributed by atoms with E-state index >= 15 is 0 Å². The molecule has 4 heteroatoms. The Balaban J connectivity index is 1.70. The second-order valence-corrected chi connectivity index (χ2v) is 4.97. The number of nitrogens with zero attached hydrogens (tertiary/aromatic N) is 3. The van der Waals surface area contributed by atoms with E-state index in [2.05, 4.69) is 22.3 Å². The van der Waals surface area contributed by atoms with E-state index < -0.39 is 0 Å². The third kappa shape index (κ3) is 3.04. The van der Waals surface area contributed by atoms with Gasteiger partial charge in [-0.1, -0.05) is 19.8 Å². The lowest BCUT2D eigenvalue weighted by Gasteiger charge is -2.27. The highest BCUT2D eigenvalue weighted by atomic mass is 15.3. The minimum atomic E-state index is 0.719. The molecule has 2 unspecified atom stereocenters. The summed E-state index contributed by atoms with van der Waals surface area (Å²) < 4.78 is 1.85. The van der Waals surface area contributed by atoms with Gasteiger partial charge in [-0.05, 0) is 18.8 Å². The summed E-state index contributed by atoms with van der Waals surface area (Å²) in [6.45, 7) is 3.38. The zero-order chi connectivity index (χ0) is 11.4. The van der Waals surface area contributed by atoms with E-state index in [0.717, 1.165) is 30.7 Å². The number of aromatic nitrogens is 3. The van der Waals surface area contributed by atoms with Crippen LogP contribution in [0.1, 0.15) is 38.4 Å². The van der Waals surface area contributed by atoms with E-state index in [1.165, 1.54) is 25.7 Å². The van der Waals surface area contributed by atoms with E-state index in [1.54, 1.807) is 6.33 Å². The molecule has 0 amide bonds. The third-order valence-corrected chi connectivity index (χ3v) is 3.52. The predicted octanol–water partition coefficient (Wildman–Crippen LogP) is 1.53. The molecule has 1 aliphatic carbocycles. The van der Waals surface area contributed by atoms with Crippen LogP contribution in [0.2, 0.25) is 0 Å². The fourth-order valence-corrected chi connectivity index (χ4v) is 2.55. The minimum Gasteiger partial charge on any atom is -0.314 e. The largest absolute Gasteiger partial charge is 0.314 e. The molecule has 0 aliphatic heterocycles. The Hall–Kier alpha value is -0.900. The van der Waals surface area contributed by atoms with Gasteiger partial charge < -0.3 is 5.32 Å². The molecule has 0 radical (unpaired) electrons. The molecule has 0 spiro atoms. The molecule has 1 aromatic rings. The van der Waals surface area contributed by atoms with Crippen molar-refractivity contribution in [3.05, 3.63) is 12.2 Å². The van der Waals surface area contributed by atoms with Crippen LogP contribution in [0.15, 0.2) is 6.33 Å². The summed E-state index contributed by atoms with van der Waals surface area (Å²) in [5.41, 5.74) is 0. The average molecular weight is 222 g/mol. The molecule has 16 heavy (non-hydrogen) atoms. The van der Waals surface area contributed by atoms with Gasteiger partial charge in [0.15, 0.2) is 0 Å². The summed E-state index contributed by atoms with van der Waals surface area (Å²) in [6.07, 6.45) is 8.05. The Labute approximate surface area is 97.5 Å². The van der Waals surface area contributed by atoms with Gasteiger partial charge in [0.05, 0.1) is 0 Å². The molecule has 2 atom stereocenters. The van der Waals surface area contributed by atoms with Crippen molar-refractivity contribution in [1.82, 2.24) is 20.1 Å². The SMILES string of the molecule is CC1CCCC(NCCc2ncnn2C)C1. The molecule has 1 saturated carbocycles. The van der Waals surface area contributed by atoms with Gasteiger partial charge in [0.25, 0.3) is 0 Å². The Kier molecular flexibility index (Phi) is 3.93. The van der Waals surface area contributed by atoms with Crippen LogP contribution in [0, 0.1) is 5.92 Å².